The van der Waals surface area contributed by atoms with Crippen molar-refractivity contribution in [1.82, 2.24) is 5.32 Å². The van der Waals surface area contributed by atoms with E-state index in [4.69, 9.17) is 5.11 Å². The molecule has 0 atom stereocenters. The van der Waals surface area contributed by atoms with Crippen LogP contribution in [0.15, 0.2) is 18.2 Å². The summed E-state index contributed by atoms with van der Waals surface area (Å²) in [6.45, 7) is 1.84. The lowest BCUT2D eigenvalue weighted by Gasteiger charge is -2.10. The minimum absolute atomic E-state index is 0.0163. The Morgan fingerprint density at radius 3 is 2.65 bits per heavy atom. The number of carbonyl (C=O) groups excluding carboxylic acids is 1. The summed E-state index contributed by atoms with van der Waals surface area (Å²) in [5.74, 6) is -1.02. The van der Waals surface area contributed by atoms with Gasteiger partial charge in [-0.05, 0) is 12.0 Å². The van der Waals surface area contributed by atoms with E-state index in [0.29, 0.717) is 12.1 Å². The highest BCUT2D eigenvalue weighted by atomic mass is 16.6. The topological polar surface area (TPSA) is 122 Å². The van der Waals surface area contributed by atoms with Crippen molar-refractivity contribution in [2.45, 2.75) is 19.8 Å². The van der Waals surface area contributed by atoms with E-state index in [1.165, 1.54) is 12.1 Å². The Morgan fingerprint density at radius 1 is 1.40 bits per heavy atom. The van der Waals surface area contributed by atoms with Crippen LogP contribution in [0.3, 0.4) is 0 Å². The van der Waals surface area contributed by atoms with Crippen LogP contribution in [-0.4, -0.2) is 28.6 Å². The second-order valence-corrected chi connectivity index (χ2v) is 3.98. The van der Waals surface area contributed by atoms with Crippen molar-refractivity contribution in [3.8, 4) is 0 Å². The molecule has 2 amide bonds. The fraction of sp³-hybridized carbons (Fsp3) is 0.333. The molecule has 1 rings (SSSR count). The molecule has 0 aromatic heterocycles. The quantitative estimate of drug-likeness (QED) is 0.541. The monoisotopic (exact) mass is 281 g/mol. The lowest BCUT2D eigenvalue weighted by atomic mass is 10.1. The molecule has 8 heteroatoms. The zero-order valence-electron chi connectivity index (χ0n) is 10.9. The molecule has 0 saturated carbocycles. The summed E-state index contributed by atoms with van der Waals surface area (Å²) in [6, 6.07) is 3.62. The molecule has 108 valence electrons. The Kier molecular flexibility index (Phi) is 5.45. The summed E-state index contributed by atoms with van der Waals surface area (Å²) in [4.78, 5) is 32.0. The average Bonchev–Trinajstić information content (AvgIpc) is 2.38. The smallest absolute Gasteiger partial charge is 0.319 e. The van der Waals surface area contributed by atoms with Crippen molar-refractivity contribution in [2.75, 3.05) is 11.9 Å². The highest BCUT2D eigenvalue weighted by Gasteiger charge is 2.12. The molecule has 0 fully saturated rings. The fourth-order valence-electron chi connectivity index (χ4n) is 1.55. The summed E-state index contributed by atoms with van der Waals surface area (Å²) < 4.78 is 0. The number of aryl methyl sites for hydroxylation is 1. The molecule has 0 aliphatic rings. The number of rotatable bonds is 6. The van der Waals surface area contributed by atoms with Gasteiger partial charge in [0.1, 0.15) is 0 Å². The van der Waals surface area contributed by atoms with Crippen molar-refractivity contribution in [3.05, 3.63) is 33.9 Å². The molecule has 0 aliphatic carbocycles. The second-order valence-electron chi connectivity index (χ2n) is 3.98. The molecule has 8 nitrogen and oxygen atoms in total. The first-order valence-electron chi connectivity index (χ1n) is 5.98. The molecule has 3 N–H and O–H groups in total. The number of urea groups is 1. The number of non-ortho nitro benzene ring substituents is 1. The van der Waals surface area contributed by atoms with Gasteiger partial charge in [-0.25, -0.2) is 4.79 Å². The van der Waals surface area contributed by atoms with Gasteiger partial charge >= 0.3 is 12.0 Å². The Labute approximate surface area is 114 Å². The largest absolute Gasteiger partial charge is 0.481 e. The third-order valence-electron chi connectivity index (χ3n) is 2.56. The van der Waals surface area contributed by atoms with Crippen molar-refractivity contribution in [2.24, 2.45) is 0 Å². The lowest BCUT2D eigenvalue weighted by molar-refractivity contribution is -0.384. The Morgan fingerprint density at radius 2 is 2.10 bits per heavy atom. The average molecular weight is 281 g/mol. The minimum atomic E-state index is -1.02. The van der Waals surface area contributed by atoms with Crippen LogP contribution < -0.4 is 10.6 Å². The third kappa shape index (κ3) is 4.56. The molecule has 1 aromatic carbocycles. The van der Waals surface area contributed by atoms with Gasteiger partial charge in [0.25, 0.3) is 5.69 Å². The SMILES string of the molecule is CCc1ccc([N+](=O)[O-])cc1NC(=O)NCCC(=O)O. The second kappa shape index (κ2) is 7.07. The van der Waals surface area contributed by atoms with Gasteiger partial charge < -0.3 is 15.7 Å². The molecule has 0 heterocycles. The van der Waals surface area contributed by atoms with Crippen LogP contribution in [0.4, 0.5) is 16.2 Å². The predicted molar refractivity (Wildman–Crippen MR) is 71.7 cm³/mol. The molecule has 0 saturated heterocycles. The first kappa shape index (κ1) is 15.4. The van der Waals surface area contributed by atoms with E-state index in [2.05, 4.69) is 10.6 Å². The van der Waals surface area contributed by atoms with E-state index >= 15 is 0 Å². The number of aliphatic carboxylic acids is 1. The summed E-state index contributed by atoms with van der Waals surface area (Å²) >= 11 is 0. The fourth-order valence-corrected chi connectivity index (χ4v) is 1.55. The first-order chi connectivity index (χ1) is 9.43. The van der Waals surface area contributed by atoms with E-state index in [1.54, 1.807) is 6.07 Å². The minimum Gasteiger partial charge on any atom is -0.481 e. The Hall–Kier alpha value is -2.64. The van der Waals surface area contributed by atoms with Crippen molar-refractivity contribution in [1.29, 1.82) is 0 Å². The van der Waals surface area contributed by atoms with Gasteiger partial charge in [0.05, 0.1) is 17.0 Å². The molecule has 0 spiro atoms. The standard InChI is InChI=1S/C12H15N3O5/c1-2-8-3-4-9(15(19)20)7-10(8)14-12(18)13-6-5-11(16)17/h3-4,7H,2,5-6H2,1H3,(H,16,17)(H2,13,14,18). The third-order valence-corrected chi connectivity index (χ3v) is 2.56. The normalized spacial score (nSPS) is 9.85. The van der Waals surface area contributed by atoms with Gasteiger partial charge in [-0.2, -0.15) is 0 Å². The molecular weight excluding hydrogens is 266 g/mol. The van der Waals surface area contributed by atoms with Gasteiger partial charge in [-0.15, -0.1) is 0 Å². The first-order valence-corrected chi connectivity index (χ1v) is 5.98. The molecule has 1 aromatic rings. The van der Waals surface area contributed by atoms with Crippen molar-refractivity contribution < 1.29 is 19.6 Å². The number of anilines is 1. The number of hydrogen-bond acceptors (Lipinski definition) is 4. The predicted octanol–water partition coefficient (Wildman–Crippen LogP) is 1.75. The van der Waals surface area contributed by atoms with Crippen LogP contribution in [0.1, 0.15) is 18.9 Å². The van der Waals surface area contributed by atoms with Crippen LogP contribution in [-0.2, 0) is 11.2 Å². The number of benzene rings is 1. The molecular formula is C12H15N3O5. The van der Waals surface area contributed by atoms with E-state index in [0.717, 1.165) is 5.56 Å². The number of carboxylic acid groups (broad SMARTS) is 1. The summed E-state index contributed by atoms with van der Waals surface area (Å²) in [6.07, 6.45) is 0.408. The number of nitro groups is 1. The number of amides is 2. The van der Waals surface area contributed by atoms with Gasteiger partial charge in [0.2, 0.25) is 0 Å². The van der Waals surface area contributed by atoms with Crippen LogP contribution in [0, 0.1) is 10.1 Å². The summed E-state index contributed by atoms with van der Waals surface area (Å²) in [5.41, 5.74) is 0.974. The lowest BCUT2D eigenvalue weighted by Crippen LogP contribution is -2.30. The van der Waals surface area contributed by atoms with Crippen molar-refractivity contribution in [3.63, 3.8) is 0 Å². The maximum Gasteiger partial charge on any atom is 0.319 e. The Balaban J connectivity index is 2.74. The van der Waals surface area contributed by atoms with E-state index in [-0.39, 0.29) is 18.7 Å². The number of nitrogens with zero attached hydrogens (tertiary/aromatic N) is 1. The van der Waals surface area contributed by atoms with Crippen LogP contribution >= 0.6 is 0 Å². The molecule has 20 heavy (non-hydrogen) atoms. The van der Waals surface area contributed by atoms with Gasteiger partial charge in [0, 0.05) is 18.7 Å². The summed E-state index contributed by atoms with van der Waals surface area (Å²) in [7, 11) is 0. The summed E-state index contributed by atoms with van der Waals surface area (Å²) in [5, 5.41) is 24.0. The number of carboxylic acids is 1. The molecule has 0 aliphatic heterocycles. The maximum absolute atomic E-state index is 11.6. The Bertz CT molecular complexity index is 530. The van der Waals surface area contributed by atoms with Gasteiger partial charge in [-0.3, -0.25) is 14.9 Å². The molecule has 0 unspecified atom stereocenters. The van der Waals surface area contributed by atoms with E-state index < -0.39 is 16.9 Å². The number of nitro benzene ring substituents is 1. The zero-order valence-corrected chi connectivity index (χ0v) is 10.9. The highest BCUT2D eigenvalue weighted by molar-refractivity contribution is 5.90. The van der Waals surface area contributed by atoms with Gasteiger partial charge in [0.15, 0.2) is 0 Å². The number of hydrogen-bond donors (Lipinski definition) is 3. The van der Waals surface area contributed by atoms with E-state index in [9.17, 15) is 19.7 Å². The van der Waals surface area contributed by atoms with Gasteiger partial charge in [-0.1, -0.05) is 13.0 Å². The number of carbonyl (C=O) groups is 2. The molecule has 0 bridgehead atoms. The highest BCUT2D eigenvalue weighted by Crippen LogP contribution is 2.22. The van der Waals surface area contributed by atoms with Crippen LogP contribution in [0.2, 0.25) is 0 Å². The van der Waals surface area contributed by atoms with Crippen LogP contribution in [0.5, 0.6) is 0 Å². The van der Waals surface area contributed by atoms with Crippen molar-refractivity contribution >= 4 is 23.4 Å². The zero-order chi connectivity index (χ0) is 15.1. The molecule has 0 radical (unpaired) electrons. The van der Waals surface area contributed by atoms with E-state index in [1.807, 2.05) is 6.92 Å². The maximum atomic E-state index is 11.6. The van der Waals surface area contributed by atoms with Crippen LogP contribution in [0.25, 0.3) is 0 Å². The number of nitrogens with one attached hydrogen (secondary N) is 2.